The molecule has 0 fully saturated rings. The Morgan fingerprint density at radius 3 is 0.400 bits per heavy atom. The number of aliphatic hydroxyl groups excluding tert-OH is 1. The molecule has 4 aromatic rings. The Morgan fingerprint density at radius 1 is 0.256 bits per heavy atom. The molecule has 90 heavy (non-hydrogen) atoms. The summed E-state index contributed by atoms with van der Waals surface area (Å²) in [4.78, 5) is 0. The van der Waals surface area contributed by atoms with Gasteiger partial charge in [0.1, 0.15) is 0 Å². The van der Waals surface area contributed by atoms with Crippen molar-refractivity contribution in [2.24, 2.45) is 0 Å². The molecule has 0 spiro atoms. The van der Waals surface area contributed by atoms with Gasteiger partial charge < -0.3 is 43.0 Å². The van der Waals surface area contributed by atoms with E-state index in [2.05, 4.69) is 90.0 Å². The third-order valence-corrected chi connectivity index (χ3v) is 5.10. The number of ether oxygens (including phenoxy) is 8. The SMILES string of the molecule is C=CCO.C=CCOCC.C=CCOCC.C=CCOCC.C=CCOCC.CC.CC.CC.CC.CC.CC.CC.CC.CC.CC.CC.CC.COC.COC.COC.COC.Cc1ccccc1.Cc1ccccc1.c1ccccc1.c1ccccc1. The second kappa shape index (κ2) is 285. The number of aliphatic hydroxyl groups is 1. The lowest BCUT2D eigenvalue weighted by Crippen LogP contribution is -1.86. The third kappa shape index (κ3) is 429. The third-order valence-electron chi connectivity index (χ3n) is 5.10. The van der Waals surface area contributed by atoms with Crippen molar-refractivity contribution in [3.8, 4) is 0 Å². The quantitative estimate of drug-likeness (QED) is 0.104. The van der Waals surface area contributed by atoms with Gasteiger partial charge in [-0.15, -0.1) is 32.9 Å². The first kappa shape index (κ1) is 147. The minimum absolute atomic E-state index is 0.0833. The number of hydrogen-bond donors (Lipinski definition) is 1. The van der Waals surface area contributed by atoms with Gasteiger partial charge in [-0.25, -0.2) is 0 Å². The highest BCUT2D eigenvalue weighted by Gasteiger charge is 1.73. The summed E-state index contributed by atoms with van der Waals surface area (Å²) in [5.41, 5.74) is 2.64. The average Bonchev–Trinajstić information content (AvgIpc) is 3.64. The fourth-order valence-electron chi connectivity index (χ4n) is 2.64. The minimum atomic E-state index is 0.0833. The van der Waals surface area contributed by atoms with Crippen LogP contribution < -0.4 is 0 Å². The molecule has 9 heteroatoms. The smallest absolute Gasteiger partial charge is 0.0644 e. The molecule has 4 rings (SSSR count). The molecular formula is C81H170O9. The van der Waals surface area contributed by atoms with Crippen LogP contribution in [0.5, 0.6) is 0 Å². The molecule has 0 heterocycles. The van der Waals surface area contributed by atoms with Crippen molar-refractivity contribution in [1.82, 2.24) is 0 Å². The maximum atomic E-state index is 7.76. The van der Waals surface area contributed by atoms with Crippen LogP contribution in [0.4, 0.5) is 0 Å². The Balaban J connectivity index is -0.0000000295. The van der Waals surface area contributed by atoms with Crippen molar-refractivity contribution in [3.05, 3.63) is 208 Å². The highest BCUT2D eigenvalue weighted by atomic mass is 16.5. The Bertz CT molecular complexity index is 1090. The molecule has 0 aliphatic rings. The zero-order valence-electron chi connectivity index (χ0n) is 68.2. The molecule has 0 aliphatic heterocycles. The van der Waals surface area contributed by atoms with Gasteiger partial charge in [0, 0.05) is 83.3 Å². The van der Waals surface area contributed by atoms with Crippen molar-refractivity contribution in [2.45, 2.75) is 208 Å². The summed E-state index contributed by atoms with van der Waals surface area (Å²) in [6, 6.07) is 44.5. The topological polar surface area (TPSA) is 94.1 Å². The van der Waals surface area contributed by atoms with E-state index >= 15 is 0 Å². The van der Waals surface area contributed by atoms with Gasteiger partial charge in [-0.05, 0) is 41.5 Å². The van der Waals surface area contributed by atoms with Gasteiger partial charge in [0.05, 0.1) is 33.0 Å². The van der Waals surface area contributed by atoms with Crippen molar-refractivity contribution < 1.29 is 43.0 Å². The molecule has 4 aromatic carbocycles. The molecule has 548 valence electrons. The van der Waals surface area contributed by atoms with Crippen LogP contribution in [0.2, 0.25) is 0 Å². The lowest BCUT2D eigenvalue weighted by molar-refractivity contribution is 0.177. The summed E-state index contributed by atoms with van der Waals surface area (Å²) in [6.45, 7) is 83.1. The predicted molar refractivity (Wildman–Crippen MR) is 427 cm³/mol. The fraction of sp³-hybridized carbons (Fsp3) is 0.580. The largest absolute Gasteiger partial charge is 0.392 e. The molecule has 0 aliphatic carbocycles. The highest BCUT2D eigenvalue weighted by molar-refractivity contribution is 5.12. The molecule has 0 amide bonds. The molecule has 0 radical (unpaired) electrons. The summed E-state index contributed by atoms with van der Waals surface area (Å²) >= 11 is 0. The van der Waals surface area contributed by atoms with Crippen molar-refractivity contribution in [1.29, 1.82) is 0 Å². The van der Waals surface area contributed by atoms with Crippen LogP contribution >= 0.6 is 0 Å². The molecule has 1 N–H and O–H groups in total. The van der Waals surface area contributed by atoms with Gasteiger partial charge in [-0.1, -0.05) is 341 Å². The Morgan fingerprint density at radius 2 is 0.356 bits per heavy atom. The lowest BCUT2D eigenvalue weighted by atomic mass is 10.2. The molecule has 0 bridgehead atoms. The summed E-state index contributed by atoms with van der Waals surface area (Å²) in [7, 11) is 13.0. The summed E-state index contributed by atoms with van der Waals surface area (Å²) < 4.78 is 36.5. The normalized spacial score (nSPS) is 6.48. The van der Waals surface area contributed by atoms with Gasteiger partial charge in [0.15, 0.2) is 0 Å². The second-order valence-electron chi connectivity index (χ2n) is 11.5. The van der Waals surface area contributed by atoms with E-state index in [0.717, 1.165) is 26.4 Å². The molecule has 0 atom stereocenters. The fourth-order valence-corrected chi connectivity index (χ4v) is 2.64. The lowest BCUT2D eigenvalue weighted by Gasteiger charge is -1.88. The standard InChI is InChI=1S/2C7H8.2C6H6.4C5H10O.C3H6O.4C2H6O.12C2H6/c2*1-7-5-3-2-4-6-7;2*1-2-4-6-5-3-1;4*1-3-5-6-4-2;1-2-3-4;4*1-3-2;12*1-2/h2*2-6H,1H3;2*1-6H;4*3H,1,4-5H2,2H3;2,4H,1,3H2;4*1-2H3;12*1-2H3. The first-order valence-corrected chi connectivity index (χ1v) is 33.6. The first-order chi connectivity index (χ1) is 44.0. The Hall–Kier alpha value is -4.78. The van der Waals surface area contributed by atoms with Crippen molar-refractivity contribution >= 4 is 0 Å². The van der Waals surface area contributed by atoms with E-state index in [0.29, 0.717) is 26.4 Å². The van der Waals surface area contributed by atoms with Gasteiger partial charge >= 0.3 is 0 Å². The Kier molecular flexibility index (Phi) is 465. The van der Waals surface area contributed by atoms with E-state index in [1.165, 1.54) is 17.2 Å². The summed E-state index contributed by atoms with van der Waals surface area (Å²) in [5.74, 6) is 0. The monoisotopic (exact) mass is 1290 g/mol. The van der Waals surface area contributed by atoms with E-state index in [1.807, 2.05) is 303 Å². The van der Waals surface area contributed by atoms with E-state index in [9.17, 15) is 0 Å². The van der Waals surface area contributed by atoms with Crippen molar-refractivity contribution in [3.63, 3.8) is 0 Å². The number of benzene rings is 4. The number of hydrogen-bond acceptors (Lipinski definition) is 9. The molecule has 0 unspecified atom stereocenters. The van der Waals surface area contributed by atoms with Crippen LogP contribution in [0, 0.1) is 13.8 Å². The van der Waals surface area contributed by atoms with Crippen LogP contribution in [0.15, 0.2) is 197 Å². The number of rotatable bonds is 13. The summed E-state index contributed by atoms with van der Waals surface area (Å²) in [5, 5.41) is 7.76. The first-order valence-electron chi connectivity index (χ1n) is 33.6. The highest BCUT2D eigenvalue weighted by Crippen LogP contribution is 1.93. The van der Waals surface area contributed by atoms with Crippen LogP contribution in [-0.4, -0.2) is 121 Å². The minimum Gasteiger partial charge on any atom is -0.392 e. The number of aryl methyl sites for hydroxylation is 2. The molecule has 9 nitrogen and oxygen atoms in total. The van der Waals surface area contributed by atoms with Crippen molar-refractivity contribution in [2.75, 3.05) is 116 Å². The van der Waals surface area contributed by atoms with E-state index in [4.69, 9.17) is 24.1 Å². The van der Waals surface area contributed by atoms with Gasteiger partial charge in [-0.3, -0.25) is 0 Å². The van der Waals surface area contributed by atoms with Crippen LogP contribution in [0.25, 0.3) is 0 Å². The maximum Gasteiger partial charge on any atom is 0.0644 e. The van der Waals surface area contributed by atoms with Gasteiger partial charge in [-0.2, -0.15) is 0 Å². The van der Waals surface area contributed by atoms with Crippen LogP contribution in [0.1, 0.15) is 205 Å². The molecule has 0 saturated heterocycles. The zero-order chi connectivity index (χ0) is 76.3. The second-order valence-corrected chi connectivity index (χ2v) is 11.5. The Labute approximate surface area is 572 Å². The summed E-state index contributed by atoms with van der Waals surface area (Å²) in [6.07, 6.45) is 8.39. The molecule has 0 aromatic heterocycles. The van der Waals surface area contributed by atoms with Crippen LogP contribution in [0.3, 0.4) is 0 Å². The number of methoxy groups -OCH3 is 4. The van der Waals surface area contributed by atoms with Crippen LogP contribution in [-0.2, 0) is 37.9 Å². The van der Waals surface area contributed by atoms with Gasteiger partial charge in [0.25, 0.3) is 0 Å². The maximum absolute atomic E-state index is 7.76. The molecule has 0 saturated carbocycles. The molecular weight excluding hydrogens is 1120 g/mol. The predicted octanol–water partition coefficient (Wildman–Crippen LogP) is 25.7. The van der Waals surface area contributed by atoms with Gasteiger partial charge in [0.2, 0.25) is 0 Å². The van der Waals surface area contributed by atoms with E-state index in [1.54, 1.807) is 81.2 Å². The zero-order valence-corrected chi connectivity index (χ0v) is 68.2. The average molecular weight is 1290 g/mol. The van der Waals surface area contributed by atoms with E-state index in [-0.39, 0.29) is 6.61 Å². The van der Waals surface area contributed by atoms with E-state index < -0.39 is 0 Å².